The number of hydrogen-bond donors (Lipinski definition) is 1. The average Bonchev–Trinajstić information content (AvgIpc) is 3.00. The number of alkyl halides is 3. The molecule has 0 aliphatic carbocycles. The molecule has 1 aliphatic heterocycles. The van der Waals surface area contributed by atoms with E-state index < -0.39 is 23.7 Å². The largest absolute Gasteiger partial charge is 0.447 e. The summed E-state index contributed by atoms with van der Waals surface area (Å²) in [5, 5.41) is 2.42. The Morgan fingerprint density at radius 3 is 2.44 bits per heavy atom. The summed E-state index contributed by atoms with van der Waals surface area (Å²) in [6, 6.07) is 10.5. The highest BCUT2D eigenvalue weighted by molar-refractivity contribution is 6.04. The van der Waals surface area contributed by atoms with E-state index >= 15 is 0 Å². The van der Waals surface area contributed by atoms with E-state index in [1.54, 1.807) is 12.1 Å². The molecule has 2 aromatic rings. The molecule has 1 heterocycles. The minimum Gasteiger partial charge on any atom is -0.447 e. The molecule has 1 saturated heterocycles. The molecule has 2 amide bonds. The molecule has 0 spiro atoms. The molecule has 0 radical (unpaired) electrons. The number of carbonyl (C=O) groups excluding carboxylic acids is 2. The van der Waals surface area contributed by atoms with Crippen LogP contribution in [0.4, 0.5) is 29.3 Å². The first-order valence-electron chi connectivity index (χ1n) is 7.37. The Bertz CT molecular complexity index is 804. The zero-order valence-electron chi connectivity index (χ0n) is 12.8. The minimum absolute atomic E-state index is 0.0482. The number of nitrogens with zero attached hydrogens (tertiary/aromatic N) is 1. The monoisotopic (exact) mass is 350 g/mol. The second kappa shape index (κ2) is 6.46. The highest BCUT2D eigenvalue weighted by Crippen LogP contribution is 2.30. The first-order chi connectivity index (χ1) is 11.8. The normalized spacial score (nSPS) is 14.4. The van der Waals surface area contributed by atoms with Crippen LogP contribution in [-0.2, 0) is 10.9 Å². The fraction of sp³-hybridized carbons (Fsp3) is 0.176. The predicted molar refractivity (Wildman–Crippen MR) is 84.5 cm³/mol. The van der Waals surface area contributed by atoms with Crippen molar-refractivity contribution in [3.8, 4) is 0 Å². The highest BCUT2D eigenvalue weighted by atomic mass is 19.4. The fourth-order valence-corrected chi connectivity index (χ4v) is 2.40. The highest BCUT2D eigenvalue weighted by Gasteiger charge is 2.30. The van der Waals surface area contributed by atoms with Gasteiger partial charge in [-0.15, -0.1) is 0 Å². The van der Waals surface area contributed by atoms with Crippen LogP contribution in [0.5, 0.6) is 0 Å². The number of halogens is 3. The Kier molecular flexibility index (Phi) is 4.35. The maximum atomic E-state index is 12.7. The lowest BCUT2D eigenvalue weighted by molar-refractivity contribution is -0.137. The molecule has 130 valence electrons. The van der Waals surface area contributed by atoms with Gasteiger partial charge in [0.2, 0.25) is 0 Å². The van der Waals surface area contributed by atoms with Gasteiger partial charge in [-0.3, -0.25) is 9.69 Å². The SMILES string of the molecule is O=C(Nc1cccc(C(F)(F)F)c1)c1ccc(N2CCOC2=O)cc1. The Balaban J connectivity index is 1.72. The number of anilines is 2. The van der Waals surface area contributed by atoms with Crippen molar-refractivity contribution in [2.24, 2.45) is 0 Å². The van der Waals surface area contributed by atoms with Crippen molar-refractivity contribution in [1.82, 2.24) is 0 Å². The molecule has 1 N–H and O–H groups in total. The number of carbonyl (C=O) groups is 2. The van der Waals surface area contributed by atoms with E-state index in [1.807, 2.05) is 0 Å². The zero-order valence-corrected chi connectivity index (χ0v) is 12.8. The molecular weight excluding hydrogens is 337 g/mol. The van der Waals surface area contributed by atoms with Crippen LogP contribution >= 0.6 is 0 Å². The molecule has 1 fully saturated rings. The Morgan fingerprint density at radius 1 is 1.12 bits per heavy atom. The van der Waals surface area contributed by atoms with E-state index in [0.29, 0.717) is 18.8 Å². The van der Waals surface area contributed by atoms with E-state index in [2.05, 4.69) is 5.32 Å². The van der Waals surface area contributed by atoms with Crippen LogP contribution < -0.4 is 10.2 Å². The van der Waals surface area contributed by atoms with Crippen molar-refractivity contribution < 1.29 is 27.5 Å². The van der Waals surface area contributed by atoms with E-state index in [-0.39, 0.29) is 11.3 Å². The summed E-state index contributed by atoms with van der Waals surface area (Å²) in [5.74, 6) is -0.546. The van der Waals surface area contributed by atoms with E-state index in [1.165, 1.54) is 29.2 Å². The molecule has 0 unspecified atom stereocenters. The summed E-state index contributed by atoms with van der Waals surface area (Å²) in [7, 11) is 0. The third-order valence-electron chi connectivity index (χ3n) is 3.65. The third kappa shape index (κ3) is 3.73. The van der Waals surface area contributed by atoms with Crippen LogP contribution in [0, 0.1) is 0 Å². The molecule has 0 saturated carbocycles. The summed E-state index contributed by atoms with van der Waals surface area (Å²) in [5.41, 5.74) is 0.0482. The van der Waals surface area contributed by atoms with Crippen LogP contribution in [-0.4, -0.2) is 25.2 Å². The van der Waals surface area contributed by atoms with Crippen LogP contribution in [0.2, 0.25) is 0 Å². The average molecular weight is 350 g/mol. The lowest BCUT2D eigenvalue weighted by Gasteiger charge is -2.13. The van der Waals surface area contributed by atoms with Crippen LogP contribution in [0.3, 0.4) is 0 Å². The molecule has 1 aliphatic rings. The van der Waals surface area contributed by atoms with Gasteiger partial charge in [-0.05, 0) is 42.5 Å². The molecule has 8 heteroatoms. The Morgan fingerprint density at radius 2 is 1.84 bits per heavy atom. The third-order valence-corrected chi connectivity index (χ3v) is 3.65. The van der Waals surface area contributed by atoms with Crippen LogP contribution in [0.1, 0.15) is 15.9 Å². The number of ether oxygens (including phenoxy) is 1. The lowest BCUT2D eigenvalue weighted by Crippen LogP contribution is -2.23. The van der Waals surface area contributed by atoms with Crippen molar-refractivity contribution in [3.63, 3.8) is 0 Å². The first-order valence-corrected chi connectivity index (χ1v) is 7.37. The van der Waals surface area contributed by atoms with Gasteiger partial charge < -0.3 is 10.1 Å². The Hall–Kier alpha value is -3.03. The fourth-order valence-electron chi connectivity index (χ4n) is 2.40. The number of amides is 2. The van der Waals surface area contributed by atoms with Gasteiger partial charge in [0.1, 0.15) is 6.61 Å². The van der Waals surface area contributed by atoms with E-state index in [9.17, 15) is 22.8 Å². The number of benzene rings is 2. The van der Waals surface area contributed by atoms with Gasteiger partial charge in [-0.2, -0.15) is 13.2 Å². The zero-order chi connectivity index (χ0) is 18.0. The number of rotatable bonds is 3. The van der Waals surface area contributed by atoms with Gasteiger partial charge in [-0.1, -0.05) is 6.07 Å². The van der Waals surface area contributed by atoms with Crippen LogP contribution in [0.15, 0.2) is 48.5 Å². The van der Waals surface area contributed by atoms with Gasteiger partial charge in [0.25, 0.3) is 5.91 Å². The molecule has 0 aromatic heterocycles. The maximum Gasteiger partial charge on any atom is 0.416 e. The molecule has 25 heavy (non-hydrogen) atoms. The smallest absolute Gasteiger partial charge is 0.416 e. The number of hydrogen-bond acceptors (Lipinski definition) is 3. The first kappa shape index (κ1) is 16.8. The molecule has 3 rings (SSSR count). The van der Waals surface area contributed by atoms with Crippen molar-refractivity contribution in [2.75, 3.05) is 23.4 Å². The quantitative estimate of drug-likeness (QED) is 0.913. The van der Waals surface area contributed by atoms with Crippen molar-refractivity contribution >= 4 is 23.4 Å². The summed E-state index contributed by atoms with van der Waals surface area (Å²) < 4.78 is 42.9. The molecular formula is C17H13F3N2O3. The summed E-state index contributed by atoms with van der Waals surface area (Å²) in [6.07, 6.45) is -4.94. The van der Waals surface area contributed by atoms with Gasteiger partial charge in [0, 0.05) is 16.9 Å². The molecule has 5 nitrogen and oxygen atoms in total. The van der Waals surface area contributed by atoms with Gasteiger partial charge in [0.05, 0.1) is 12.1 Å². The second-order valence-corrected chi connectivity index (χ2v) is 5.35. The Labute approximate surface area is 141 Å². The summed E-state index contributed by atoms with van der Waals surface area (Å²) in [4.78, 5) is 25.1. The van der Waals surface area contributed by atoms with Gasteiger partial charge in [-0.25, -0.2) is 4.79 Å². The van der Waals surface area contributed by atoms with E-state index in [4.69, 9.17) is 4.74 Å². The maximum absolute atomic E-state index is 12.7. The predicted octanol–water partition coefficient (Wildman–Crippen LogP) is 3.91. The van der Waals surface area contributed by atoms with Gasteiger partial charge in [0.15, 0.2) is 0 Å². The van der Waals surface area contributed by atoms with E-state index in [0.717, 1.165) is 12.1 Å². The van der Waals surface area contributed by atoms with Crippen molar-refractivity contribution in [1.29, 1.82) is 0 Å². The molecule has 0 atom stereocenters. The van der Waals surface area contributed by atoms with Gasteiger partial charge >= 0.3 is 12.3 Å². The topological polar surface area (TPSA) is 58.6 Å². The lowest BCUT2D eigenvalue weighted by atomic mass is 10.1. The standard InChI is InChI=1S/C17H13F3N2O3/c18-17(19,20)12-2-1-3-13(10-12)21-15(23)11-4-6-14(7-5-11)22-8-9-25-16(22)24/h1-7,10H,8-9H2,(H,21,23). The minimum atomic E-state index is -4.48. The summed E-state index contributed by atoms with van der Waals surface area (Å²) in [6.45, 7) is 0.727. The molecule has 2 aromatic carbocycles. The molecule has 0 bridgehead atoms. The number of cyclic esters (lactones) is 1. The second-order valence-electron chi connectivity index (χ2n) is 5.35. The van der Waals surface area contributed by atoms with Crippen molar-refractivity contribution in [3.05, 3.63) is 59.7 Å². The summed E-state index contributed by atoms with van der Waals surface area (Å²) >= 11 is 0. The van der Waals surface area contributed by atoms with Crippen LogP contribution in [0.25, 0.3) is 0 Å². The van der Waals surface area contributed by atoms with Crippen molar-refractivity contribution in [2.45, 2.75) is 6.18 Å². The number of nitrogens with one attached hydrogen (secondary N) is 1.